The zero-order valence-electron chi connectivity index (χ0n) is 14.6. The van der Waals surface area contributed by atoms with Crippen LogP contribution < -0.4 is 5.32 Å². The number of unbranched alkanes of at least 4 members (excludes halogenated alkanes) is 2. The van der Waals surface area contributed by atoms with Gasteiger partial charge in [0.1, 0.15) is 0 Å². The molecule has 0 aromatic heterocycles. The molecule has 1 heterocycles. The Hall–Kier alpha value is -2.95. The van der Waals surface area contributed by atoms with Crippen molar-refractivity contribution in [3.63, 3.8) is 0 Å². The number of fused-ring (bicyclic) bond motifs is 1. The number of rotatable bonds is 8. The van der Waals surface area contributed by atoms with E-state index in [0.29, 0.717) is 37.1 Å². The Labute approximate surface area is 153 Å². The van der Waals surface area contributed by atoms with Gasteiger partial charge in [0.25, 0.3) is 11.8 Å². The molecule has 0 spiro atoms. The number of imide groups is 1. The second-order valence-corrected chi connectivity index (χ2v) is 6.38. The minimum absolute atomic E-state index is 0.0228. The Balaban J connectivity index is 1.34. The van der Waals surface area contributed by atoms with Gasteiger partial charge in [-0.1, -0.05) is 48.9 Å². The standard InChI is InChI=1S/C21H22N2O3/c24-19(22-15-16-9-3-1-4-10-16)13-5-2-8-14-23-20(25)17-11-6-7-12-18(17)21(23)26/h1,3-4,6-7,9-12H,2,5,8,13-15H2,(H,22,24). The summed E-state index contributed by atoms with van der Waals surface area (Å²) >= 11 is 0. The minimum Gasteiger partial charge on any atom is -0.352 e. The van der Waals surface area contributed by atoms with Gasteiger partial charge in [0.2, 0.25) is 5.91 Å². The number of benzene rings is 2. The van der Waals surface area contributed by atoms with E-state index in [1.54, 1.807) is 24.3 Å². The van der Waals surface area contributed by atoms with Crippen molar-refractivity contribution in [2.24, 2.45) is 0 Å². The number of carbonyl (C=O) groups excluding carboxylic acids is 3. The maximum atomic E-state index is 12.2. The zero-order valence-corrected chi connectivity index (χ0v) is 14.6. The van der Waals surface area contributed by atoms with Crippen LogP contribution >= 0.6 is 0 Å². The molecular formula is C21H22N2O3. The third kappa shape index (κ3) is 4.17. The smallest absolute Gasteiger partial charge is 0.261 e. The van der Waals surface area contributed by atoms with Gasteiger partial charge >= 0.3 is 0 Å². The van der Waals surface area contributed by atoms with E-state index < -0.39 is 0 Å². The molecule has 2 aromatic carbocycles. The highest BCUT2D eigenvalue weighted by Crippen LogP contribution is 2.22. The van der Waals surface area contributed by atoms with Gasteiger partial charge in [0.15, 0.2) is 0 Å². The fourth-order valence-corrected chi connectivity index (χ4v) is 3.06. The van der Waals surface area contributed by atoms with Crippen LogP contribution in [0.5, 0.6) is 0 Å². The van der Waals surface area contributed by atoms with Crippen molar-refractivity contribution in [2.75, 3.05) is 6.54 Å². The van der Waals surface area contributed by atoms with E-state index in [9.17, 15) is 14.4 Å². The van der Waals surface area contributed by atoms with Crippen LogP contribution in [0, 0.1) is 0 Å². The molecule has 0 saturated heterocycles. The molecule has 0 fully saturated rings. The molecule has 1 aliphatic heterocycles. The predicted molar refractivity (Wildman–Crippen MR) is 98.6 cm³/mol. The van der Waals surface area contributed by atoms with E-state index in [1.807, 2.05) is 30.3 Å². The molecule has 0 bridgehead atoms. The van der Waals surface area contributed by atoms with Crippen LogP contribution in [0.2, 0.25) is 0 Å². The Bertz CT molecular complexity index is 767. The molecule has 0 aliphatic carbocycles. The second-order valence-electron chi connectivity index (χ2n) is 6.38. The van der Waals surface area contributed by atoms with Gasteiger partial charge in [0.05, 0.1) is 11.1 Å². The lowest BCUT2D eigenvalue weighted by Gasteiger charge is -2.13. The summed E-state index contributed by atoms with van der Waals surface area (Å²) in [5.41, 5.74) is 2.04. The maximum absolute atomic E-state index is 12.2. The van der Waals surface area contributed by atoms with E-state index >= 15 is 0 Å². The Morgan fingerprint density at radius 1 is 0.808 bits per heavy atom. The number of nitrogens with one attached hydrogen (secondary N) is 1. The third-order valence-electron chi connectivity index (χ3n) is 4.50. The fraction of sp³-hybridized carbons (Fsp3) is 0.286. The lowest BCUT2D eigenvalue weighted by Crippen LogP contribution is -2.30. The quantitative estimate of drug-likeness (QED) is 0.587. The van der Waals surface area contributed by atoms with Crippen molar-refractivity contribution in [1.82, 2.24) is 10.2 Å². The van der Waals surface area contributed by atoms with Crippen LogP contribution in [0.1, 0.15) is 52.0 Å². The molecule has 3 amide bonds. The molecular weight excluding hydrogens is 328 g/mol. The fourth-order valence-electron chi connectivity index (χ4n) is 3.06. The molecule has 3 rings (SSSR count). The maximum Gasteiger partial charge on any atom is 0.261 e. The van der Waals surface area contributed by atoms with Crippen LogP contribution in [0.4, 0.5) is 0 Å². The van der Waals surface area contributed by atoms with Gasteiger partial charge in [-0.25, -0.2) is 0 Å². The zero-order chi connectivity index (χ0) is 18.4. The molecule has 2 aromatic rings. The first-order chi connectivity index (χ1) is 12.7. The third-order valence-corrected chi connectivity index (χ3v) is 4.50. The molecule has 5 heteroatoms. The van der Waals surface area contributed by atoms with Crippen molar-refractivity contribution in [2.45, 2.75) is 32.2 Å². The van der Waals surface area contributed by atoms with Crippen molar-refractivity contribution >= 4 is 17.7 Å². The summed E-state index contributed by atoms with van der Waals surface area (Å²) in [6, 6.07) is 16.7. The first-order valence-electron chi connectivity index (χ1n) is 8.92. The average Bonchev–Trinajstić information content (AvgIpc) is 2.92. The highest BCUT2D eigenvalue weighted by Gasteiger charge is 2.34. The van der Waals surface area contributed by atoms with E-state index in [-0.39, 0.29) is 17.7 Å². The van der Waals surface area contributed by atoms with E-state index in [2.05, 4.69) is 5.32 Å². The van der Waals surface area contributed by atoms with Crippen molar-refractivity contribution in [3.8, 4) is 0 Å². The first-order valence-corrected chi connectivity index (χ1v) is 8.92. The number of hydrogen-bond acceptors (Lipinski definition) is 3. The summed E-state index contributed by atoms with van der Waals surface area (Å²) in [6.07, 6.45) is 2.70. The Morgan fingerprint density at radius 2 is 1.42 bits per heavy atom. The molecule has 0 atom stereocenters. The highest BCUT2D eigenvalue weighted by molar-refractivity contribution is 6.21. The summed E-state index contributed by atoms with van der Waals surface area (Å²) in [7, 11) is 0. The van der Waals surface area contributed by atoms with Crippen LogP contribution in [-0.4, -0.2) is 29.2 Å². The van der Waals surface area contributed by atoms with Gasteiger partial charge < -0.3 is 5.32 Å². The van der Waals surface area contributed by atoms with Gasteiger partial charge in [-0.3, -0.25) is 19.3 Å². The first kappa shape index (κ1) is 17.9. The molecule has 26 heavy (non-hydrogen) atoms. The summed E-state index contributed by atoms with van der Waals surface area (Å²) in [5, 5.41) is 2.90. The Kier molecular flexibility index (Phi) is 5.79. The Morgan fingerprint density at radius 3 is 2.08 bits per heavy atom. The number of carbonyl (C=O) groups is 3. The molecule has 0 unspecified atom stereocenters. The van der Waals surface area contributed by atoms with Crippen LogP contribution in [0.3, 0.4) is 0 Å². The molecule has 5 nitrogen and oxygen atoms in total. The van der Waals surface area contributed by atoms with Crippen LogP contribution in [0.25, 0.3) is 0 Å². The molecule has 134 valence electrons. The van der Waals surface area contributed by atoms with Crippen molar-refractivity contribution in [3.05, 3.63) is 71.3 Å². The topological polar surface area (TPSA) is 66.5 Å². The highest BCUT2D eigenvalue weighted by atomic mass is 16.2. The lowest BCUT2D eigenvalue weighted by atomic mass is 10.1. The van der Waals surface area contributed by atoms with Crippen LogP contribution in [0.15, 0.2) is 54.6 Å². The van der Waals surface area contributed by atoms with Gasteiger partial charge in [0, 0.05) is 19.5 Å². The number of amides is 3. The van der Waals surface area contributed by atoms with E-state index in [4.69, 9.17) is 0 Å². The SMILES string of the molecule is O=C(CCCCCN1C(=O)c2ccccc2C1=O)NCc1ccccc1. The predicted octanol–water partition coefficient (Wildman–Crippen LogP) is 3.16. The van der Waals surface area contributed by atoms with Gasteiger partial charge in [-0.05, 0) is 30.5 Å². The summed E-state index contributed by atoms with van der Waals surface area (Å²) in [4.78, 5) is 37.6. The second kappa shape index (κ2) is 8.43. The summed E-state index contributed by atoms with van der Waals surface area (Å²) in [6.45, 7) is 0.937. The van der Waals surface area contributed by atoms with E-state index in [1.165, 1.54) is 4.90 Å². The number of nitrogens with zero attached hydrogens (tertiary/aromatic N) is 1. The van der Waals surface area contributed by atoms with Crippen molar-refractivity contribution < 1.29 is 14.4 Å². The molecule has 0 saturated carbocycles. The minimum atomic E-state index is -0.216. The summed E-state index contributed by atoms with van der Waals surface area (Å²) < 4.78 is 0. The normalized spacial score (nSPS) is 13.0. The largest absolute Gasteiger partial charge is 0.352 e. The molecule has 1 N–H and O–H groups in total. The average molecular weight is 350 g/mol. The molecule has 1 aliphatic rings. The lowest BCUT2D eigenvalue weighted by molar-refractivity contribution is -0.121. The number of hydrogen-bond donors (Lipinski definition) is 1. The molecule has 0 radical (unpaired) electrons. The van der Waals surface area contributed by atoms with Crippen LogP contribution in [-0.2, 0) is 11.3 Å². The summed E-state index contributed by atoms with van der Waals surface area (Å²) in [5.74, 6) is -0.410. The van der Waals surface area contributed by atoms with E-state index in [0.717, 1.165) is 18.4 Å². The van der Waals surface area contributed by atoms with Crippen molar-refractivity contribution in [1.29, 1.82) is 0 Å². The van der Waals surface area contributed by atoms with Gasteiger partial charge in [-0.2, -0.15) is 0 Å². The van der Waals surface area contributed by atoms with Gasteiger partial charge in [-0.15, -0.1) is 0 Å². The monoisotopic (exact) mass is 350 g/mol.